The van der Waals surface area contributed by atoms with Gasteiger partial charge < -0.3 is 28.7 Å². The predicted molar refractivity (Wildman–Crippen MR) is 259 cm³/mol. The van der Waals surface area contributed by atoms with Gasteiger partial charge in [0, 0.05) is 46.9 Å². The smallest absolute Gasteiger partial charge is 0.157 e. The normalized spacial score (nSPS) is 14.2. The van der Waals surface area contributed by atoms with Crippen LogP contribution in [0.5, 0.6) is 46.0 Å². The van der Waals surface area contributed by atoms with Gasteiger partial charge in [0.1, 0.15) is 41.0 Å². The molecule has 2 aromatic heterocycles. The number of hydrogen-bond donors (Lipinski definition) is 0. The average molecular weight is 852 g/mol. The van der Waals surface area contributed by atoms with Crippen LogP contribution in [0.25, 0.3) is 27.6 Å². The minimum atomic E-state index is -0.0275. The number of rotatable bonds is 5. The molecule has 0 spiro atoms. The van der Waals surface area contributed by atoms with Crippen LogP contribution in [-0.4, -0.2) is 16.2 Å². The molecule has 9 aromatic rings. The maximum Gasteiger partial charge on any atom is 0.157 e. The Labute approximate surface area is 377 Å². The van der Waals surface area contributed by atoms with Gasteiger partial charge in [-0.2, -0.15) is 0 Å². The first kappa shape index (κ1) is 37.6. The van der Waals surface area contributed by atoms with E-state index in [4.69, 9.17) is 23.9 Å². The molecule has 9 heteroatoms. The molecule has 7 aromatic carbocycles. The van der Waals surface area contributed by atoms with Crippen LogP contribution in [0, 0.1) is 0 Å². The van der Waals surface area contributed by atoms with Crippen LogP contribution in [0.15, 0.2) is 152 Å². The molecule has 4 aliphatic rings. The van der Waals surface area contributed by atoms with Crippen LogP contribution < -0.4 is 33.6 Å². The number of nitrogens with zero attached hydrogens (tertiary/aromatic N) is 5. The monoisotopic (exact) mass is 851 g/mol. The van der Waals surface area contributed by atoms with Crippen LogP contribution in [0.1, 0.15) is 52.7 Å². The maximum atomic E-state index is 6.79. The molecule has 4 aliphatic heterocycles. The van der Waals surface area contributed by atoms with E-state index in [1.807, 2.05) is 48.7 Å². The van der Waals surface area contributed by atoms with Gasteiger partial charge in [0.15, 0.2) is 34.5 Å². The second-order valence-electron chi connectivity index (χ2n) is 19.4. The first-order valence-corrected chi connectivity index (χ1v) is 22.2. The summed E-state index contributed by atoms with van der Waals surface area (Å²) in [6.45, 7) is 14.1. The van der Waals surface area contributed by atoms with E-state index in [9.17, 15) is 0 Å². The largest absolute Gasteiger partial charge is 0.457 e. The molecule has 0 saturated carbocycles. The van der Waals surface area contributed by atoms with Crippen molar-refractivity contribution in [2.75, 3.05) is 21.4 Å². The zero-order valence-electron chi connectivity index (χ0n) is 37.0. The Bertz CT molecular complexity index is 3410. The topological polar surface area (TPSA) is 64.5 Å². The Kier molecular flexibility index (Phi) is 7.70. The molecule has 13 rings (SSSR count). The lowest BCUT2D eigenvalue weighted by molar-refractivity contribution is 0.418. The summed E-state index contributed by atoms with van der Waals surface area (Å²) in [5.74, 6) is 6.80. The molecule has 0 saturated heterocycles. The summed E-state index contributed by atoms with van der Waals surface area (Å²) in [6, 6.07) is 50.6. The Balaban J connectivity index is 0.858. The molecule has 318 valence electrons. The highest BCUT2D eigenvalue weighted by Crippen LogP contribution is 2.67. The Hall–Kier alpha value is -7.91. The SMILES string of the molecule is CC(C)(C)c1ccnc(-n2c3ccc(C(C)(C)C)cc3c3ccc(Oc4cccc(N5CN(c6cc7c8c(c6)Oc6cccc9c6N8c6c(cccc6O7)O9)c6ccccc65)c4)cc32)c1. The fraction of sp³-hybridized carbons (Fsp3) is 0.161. The first-order chi connectivity index (χ1) is 31.4. The van der Waals surface area contributed by atoms with Gasteiger partial charge in [-0.1, -0.05) is 77.9 Å². The first-order valence-electron chi connectivity index (χ1n) is 22.2. The summed E-state index contributed by atoms with van der Waals surface area (Å²) in [6.07, 6.45) is 1.92. The summed E-state index contributed by atoms with van der Waals surface area (Å²) >= 11 is 0. The molecular weight excluding hydrogens is 807 g/mol. The van der Waals surface area contributed by atoms with Crippen molar-refractivity contribution in [3.63, 3.8) is 0 Å². The summed E-state index contributed by atoms with van der Waals surface area (Å²) in [7, 11) is 0. The van der Waals surface area contributed by atoms with Crippen molar-refractivity contribution in [3.8, 4) is 51.8 Å². The molecule has 0 radical (unpaired) electrons. The van der Waals surface area contributed by atoms with Crippen molar-refractivity contribution in [1.29, 1.82) is 0 Å². The molecular formula is C56H45N5O4. The predicted octanol–water partition coefficient (Wildman–Crippen LogP) is 15.6. The molecule has 0 unspecified atom stereocenters. The third kappa shape index (κ3) is 5.74. The Morgan fingerprint density at radius 2 is 1.06 bits per heavy atom. The van der Waals surface area contributed by atoms with E-state index in [0.717, 1.165) is 108 Å². The zero-order valence-corrected chi connectivity index (χ0v) is 37.0. The van der Waals surface area contributed by atoms with Crippen LogP contribution in [-0.2, 0) is 10.8 Å². The van der Waals surface area contributed by atoms with E-state index >= 15 is 0 Å². The van der Waals surface area contributed by atoms with E-state index in [1.54, 1.807) is 0 Å². The summed E-state index contributed by atoms with van der Waals surface area (Å²) < 4.78 is 28.7. The molecule has 9 nitrogen and oxygen atoms in total. The van der Waals surface area contributed by atoms with Gasteiger partial charge in [0.05, 0.1) is 28.1 Å². The minimum Gasteiger partial charge on any atom is -0.457 e. The number of anilines is 7. The fourth-order valence-corrected chi connectivity index (χ4v) is 9.86. The van der Waals surface area contributed by atoms with E-state index < -0.39 is 0 Å². The van der Waals surface area contributed by atoms with Gasteiger partial charge in [-0.3, -0.25) is 9.47 Å². The third-order valence-corrected chi connectivity index (χ3v) is 13.1. The van der Waals surface area contributed by atoms with Gasteiger partial charge >= 0.3 is 0 Å². The van der Waals surface area contributed by atoms with E-state index in [0.29, 0.717) is 6.67 Å². The van der Waals surface area contributed by atoms with Gasteiger partial charge in [-0.25, -0.2) is 4.98 Å². The van der Waals surface area contributed by atoms with Crippen LogP contribution >= 0.6 is 0 Å². The molecule has 0 aliphatic carbocycles. The summed E-state index contributed by atoms with van der Waals surface area (Å²) in [5.41, 5.74) is 11.4. The molecule has 6 heterocycles. The Morgan fingerprint density at radius 1 is 0.477 bits per heavy atom. The third-order valence-electron chi connectivity index (χ3n) is 13.1. The van der Waals surface area contributed by atoms with Crippen LogP contribution in [0.2, 0.25) is 0 Å². The summed E-state index contributed by atoms with van der Waals surface area (Å²) in [5, 5.41) is 2.35. The van der Waals surface area contributed by atoms with E-state index in [-0.39, 0.29) is 10.8 Å². The van der Waals surface area contributed by atoms with Gasteiger partial charge in [-0.05, 0) is 107 Å². The van der Waals surface area contributed by atoms with Crippen molar-refractivity contribution in [2.24, 2.45) is 0 Å². The molecule has 0 bridgehead atoms. The highest BCUT2D eigenvalue weighted by molar-refractivity contribution is 6.10. The number of aromatic nitrogens is 2. The van der Waals surface area contributed by atoms with Gasteiger partial charge in [-0.15, -0.1) is 0 Å². The van der Waals surface area contributed by atoms with Crippen molar-refractivity contribution in [2.45, 2.75) is 52.4 Å². The lowest BCUT2D eigenvalue weighted by Crippen LogP contribution is -2.26. The molecule has 0 atom stereocenters. The number of pyridine rings is 1. The van der Waals surface area contributed by atoms with Crippen LogP contribution in [0.4, 0.5) is 39.8 Å². The second-order valence-corrected chi connectivity index (χ2v) is 19.4. The Morgan fingerprint density at radius 3 is 1.72 bits per heavy atom. The van der Waals surface area contributed by atoms with E-state index in [1.165, 1.54) is 16.5 Å². The number of fused-ring (bicyclic) bond motifs is 4. The van der Waals surface area contributed by atoms with Gasteiger partial charge in [0.2, 0.25) is 0 Å². The molecule has 0 amide bonds. The lowest BCUT2D eigenvalue weighted by Gasteiger charge is -2.42. The fourth-order valence-electron chi connectivity index (χ4n) is 9.86. The number of ether oxygens (including phenoxy) is 4. The lowest BCUT2D eigenvalue weighted by atomic mass is 9.86. The maximum absolute atomic E-state index is 6.79. The molecule has 0 N–H and O–H groups in total. The van der Waals surface area contributed by atoms with Crippen LogP contribution in [0.3, 0.4) is 0 Å². The van der Waals surface area contributed by atoms with E-state index in [2.05, 4.69) is 164 Å². The van der Waals surface area contributed by atoms with Crippen molar-refractivity contribution in [3.05, 3.63) is 163 Å². The molecule has 0 fully saturated rings. The summed E-state index contributed by atoms with van der Waals surface area (Å²) in [4.78, 5) is 11.8. The standard InChI is InChI=1S/C56H45N5O4/c1-55(2,3)33-20-23-41-40(26-33)39-22-21-38(31-44(39)60(41)51-27-34(24-25-57-51)56(4,5)6)62-37-13-9-12-35(28-37)58-32-59(43-15-8-7-14-42(43)58)36-29-49-54-50(30-36)65-48-19-11-17-46-53(48)61(54)52-45(63-46)16-10-18-47(52)64-49/h7-31H,32H2,1-6H3. The number of para-hydroxylation sites is 4. The van der Waals surface area contributed by atoms with Crippen molar-refractivity contribution >= 4 is 61.6 Å². The van der Waals surface area contributed by atoms with Gasteiger partial charge in [0.25, 0.3) is 0 Å². The van der Waals surface area contributed by atoms with Crippen molar-refractivity contribution < 1.29 is 18.9 Å². The number of benzene rings is 7. The van der Waals surface area contributed by atoms with Crippen molar-refractivity contribution in [1.82, 2.24) is 9.55 Å². The number of hydrogen-bond acceptors (Lipinski definition) is 8. The second kappa shape index (κ2) is 13.3. The average Bonchev–Trinajstić information content (AvgIpc) is 3.84. The highest BCUT2D eigenvalue weighted by Gasteiger charge is 2.42. The zero-order chi connectivity index (χ0) is 43.9. The quantitative estimate of drug-likeness (QED) is 0.170. The highest BCUT2D eigenvalue weighted by atomic mass is 16.5. The molecule has 65 heavy (non-hydrogen) atoms. The minimum absolute atomic E-state index is 0.00613.